The predicted octanol–water partition coefficient (Wildman–Crippen LogP) is 7.61. The zero-order valence-corrected chi connectivity index (χ0v) is 18.3. The third-order valence-corrected chi connectivity index (χ3v) is 6.09. The van der Waals surface area contributed by atoms with Crippen LogP contribution in [0.1, 0.15) is 16.8 Å². The van der Waals surface area contributed by atoms with Crippen LogP contribution >= 0.6 is 0 Å². The summed E-state index contributed by atoms with van der Waals surface area (Å²) < 4.78 is 6.07. The molecule has 0 bridgehead atoms. The molecule has 0 fully saturated rings. The molecule has 6 aromatic rings. The van der Waals surface area contributed by atoms with Crippen LogP contribution in [0.5, 0.6) is 0 Å². The lowest BCUT2D eigenvalue weighted by atomic mass is 10.0. The van der Waals surface area contributed by atoms with Crippen LogP contribution in [0.25, 0.3) is 44.5 Å². The molecule has 0 aliphatic carbocycles. The summed E-state index contributed by atoms with van der Waals surface area (Å²) in [5.74, 6) is 0. The van der Waals surface area contributed by atoms with Gasteiger partial charge in [-0.1, -0.05) is 60.7 Å². The fourth-order valence-electron chi connectivity index (χ4n) is 4.38. The van der Waals surface area contributed by atoms with Crippen LogP contribution in [-0.4, -0.2) is 9.97 Å². The van der Waals surface area contributed by atoms with Gasteiger partial charge in [0.25, 0.3) is 0 Å². The second kappa shape index (κ2) is 8.03. The van der Waals surface area contributed by atoms with Crippen molar-refractivity contribution in [3.8, 4) is 22.4 Å². The predicted molar refractivity (Wildman–Crippen MR) is 134 cm³/mol. The number of fused-ring (bicyclic) bond motifs is 3. The Morgan fingerprint density at radius 1 is 0.727 bits per heavy atom. The molecule has 158 valence electrons. The van der Waals surface area contributed by atoms with Crippen LogP contribution in [0.15, 0.2) is 108 Å². The highest BCUT2D eigenvalue weighted by Gasteiger charge is 2.12. The smallest absolute Gasteiger partial charge is 0.153 e. The van der Waals surface area contributed by atoms with E-state index in [1.807, 2.05) is 36.5 Å². The average Bonchev–Trinajstić information content (AvgIpc) is 3.22. The summed E-state index contributed by atoms with van der Waals surface area (Å²) >= 11 is 0. The van der Waals surface area contributed by atoms with Crippen LogP contribution in [0.2, 0.25) is 0 Å². The quantitative estimate of drug-likeness (QED) is 0.291. The third-order valence-electron chi connectivity index (χ3n) is 6.09. The highest BCUT2D eigenvalue weighted by atomic mass is 16.3. The minimum Gasteiger partial charge on any atom is -0.454 e. The molecule has 0 aliphatic heterocycles. The van der Waals surface area contributed by atoms with E-state index in [0.717, 1.165) is 51.0 Å². The van der Waals surface area contributed by atoms with E-state index in [-0.39, 0.29) is 0 Å². The largest absolute Gasteiger partial charge is 0.454 e. The number of nitrogens with zero attached hydrogens (tertiary/aromatic N) is 2. The van der Waals surface area contributed by atoms with Crippen LogP contribution in [-0.2, 0) is 6.42 Å². The molecule has 3 heteroatoms. The highest BCUT2D eigenvalue weighted by Crippen LogP contribution is 2.32. The van der Waals surface area contributed by atoms with Crippen molar-refractivity contribution in [2.75, 3.05) is 0 Å². The van der Waals surface area contributed by atoms with Crippen LogP contribution in [0.4, 0.5) is 0 Å². The molecule has 3 aromatic carbocycles. The lowest BCUT2D eigenvalue weighted by Gasteiger charge is -2.08. The van der Waals surface area contributed by atoms with Crippen molar-refractivity contribution in [2.45, 2.75) is 13.3 Å². The van der Waals surface area contributed by atoms with E-state index in [2.05, 4.69) is 73.7 Å². The van der Waals surface area contributed by atoms with Crippen molar-refractivity contribution in [1.82, 2.24) is 9.97 Å². The summed E-state index contributed by atoms with van der Waals surface area (Å²) in [6.07, 6.45) is 2.76. The van der Waals surface area contributed by atoms with Gasteiger partial charge in [-0.15, -0.1) is 0 Å². The molecule has 0 amide bonds. The second-order valence-corrected chi connectivity index (χ2v) is 8.38. The number of furan rings is 1. The summed E-state index contributed by atoms with van der Waals surface area (Å²) in [4.78, 5) is 9.73. The Morgan fingerprint density at radius 2 is 1.48 bits per heavy atom. The molecule has 0 aliphatic rings. The first kappa shape index (κ1) is 19.4. The number of hydrogen-bond acceptors (Lipinski definition) is 3. The Hall–Kier alpha value is -4.24. The van der Waals surface area contributed by atoms with Crippen LogP contribution in [0, 0.1) is 6.92 Å². The topological polar surface area (TPSA) is 38.9 Å². The molecule has 6 rings (SSSR count). The number of rotatable bonds is 4. The van der Waals surface area contributed by atoms with Gasteiger partial charge in [0.2, 0.25) is 0 Å². The Labute approximate surface area is 192 Å². The molecular formula is C30H22N2O. The molecule has 0 saturated heterocycles. The van der Waals surface area contributed by atoms with Gasteiger partial charge in [0.1, 0.15) is 11.1 Å². The van der Waals surface area contributed by atoms with Gasteiger partial charge in [0, 0.05) is 34.8 Å². The molecule has 0 unspecified atom stereocenters. The second-order valence-electron chi connectivity index (χ2n) is 8.38. The molecule has 0 spiro atoms. The Kier molecular flexibility index (Phi) is 4.73. The fraction of sp³-hybridized carbons (Fsp3) is 0.0667. The van der Waals surface area contributed by atoms with Crippen molar-refractivity contribution in [3.05, 3.63) is 120 Å². The molecule has 3 aromatic heterocycles. The molecule has 33 heavy (non-hydrogen) atoms. The van der Waals surface area contributed by atoms with Crippen LogP contribution < -0.4 is 0 Å². The Morgan fingerprint density at radius 3 is 2.27 bits per heavy atom. The zero-order valence-electron chi connectivity index (χ0n) is 18.3. The maximum Gasteiger partial charge on any atom is 0.153 e. The first-order valence-electron chi connectivity index (χ1n) is 11.1. The first-order valence-corrected chi connectivity index (χ1v) is 11.1. The maximum atomic E-state index is 6.07. The number of hydrogen-bond donors (Lipinski definition) is 0. The normalized spacial score (nSPS) is 11.3. The van der Waals surface area contributed by atoms with Gasteiger partial charge in [-0.05, 0) is 60.0 Å². The summed E-state index contributed by atoms with van der Waals surface area (Å²) in [6, 6.07) is 33.2. The van der Waals surface area contributed by atoms with Gasteiger partial charge in [-0.2, -0.15) is 0 Å². The van der Waals surface area contributed by atoms with Gasteiger partial charge in [0.15, 0.2) is 5.58 Å². The van der Waals surface area contributed by atoms with Crippen molar-refractivity contribution in [2.24, 2.45) is 0 Å². The molecule has 0 N–H and O–H groups in total. The molecule has 0 atom stereocenters. The minimum absolute atomic E-state index is 0.796. The van der Waals surface area contributed by atoms with Gasteiger partial charge in [-0.25, -0.2) is 4.98 Å². The molecule has 3 nitrogen and oxygen atoms in total. The van der Waals surface area contributed by atoms with Crippen molar-refractivity contribution >= 4 is 22.1 Å². The van der Waals surface area contributed by atoms with E-state index in [9.17, 15) is 0 Å². The minimum atomic E-state index is 0.796. The van der Waals surface area contributed by atoms with E-state index in [1.54, 1.807) is 0 Å². The zero-order chi connectivity index (χ0) is 22.2. The van der Waals surface area contributed by atoms with Gasteiger partial charge >= 0.3 is 0 Å². The molecule has 0 saturated carbocycles. The van der Waals surface area contributed by atoms with E-state index >= 15 is 0 Å². The molecular weight excluding hydrogens is 404 g/mol. The first-order chi connectivity index (χ1) is 16.2. The number of aromatic nitrogens is 2. The summed E-state index contributed by atoms with van der Waals surface area (Å²) in [6.45, 7) is 2.14. The van der Waals surface area contributed by atoms with E-state index in [1.165, 1.54) is 16.7 Å². The Balaban J connectivity index is 1.40. The van der Waals surface area contributed by atoms with Gasteiger partial charge < -0.3 is 4.42 Å². The summed E-state index contributed by atoms with van der Waals surface area (Å²) in [5.41, 5.74) is 10.4. The fourth-order valence-corrected chi connectivity index (χ4v) is 4.38. The monoisotopic (exact) mass is 426 g/mol. The standard InChI is InChI=1S/C30H22N2O/c1-20-16-27(31-19-26(20)22-10-6-3-7-11-22)23-12-14-28-25(18-23)30-29(33-28)15-13-24(32-30)17-21-8-4-2-5-9-21/h2-16,18-19H,17H2,1H3. The lowest BCUT2D eigenvalue weighted by Crippen LogP contribution is -1.92. The van der Waals surface area contributed by atoms with E-state index < -0.39 is 0 Å². The van der Waals surface area contributed by atoms with E-state index in [0.29, 0.717) is 0 Å². The van der Waals surface area contributed by atoms with Gasteiger partial charge in [-0.3, -0.25) is 4.98 Å². The van der Waals surface area contributed by atoms with E-state index in [4.69, 9.17) is 14.4 Å². The molecule has 0 radical (unpaired) electrons. The van der Waals surface area contributed by atoms with Crippen molar-refractivity contribution in [3.63, 3.8) is 0 Å². The van der Waals surface area contributed by atoms with Crippen molar-refractivity contribution in [1.29, 1.82) is 0 Å². The average molecular weight is 427 g/mol. The Bertz CT molecular complexity index is 1580. The highest BCUT2D eigenvalue weighted by molar-refractivity contribution is 6.03. The van der Waals surface area contributed by atoms with Crippen LogP contribution in [0.3, 0.4) is 0 Å². The number of benzene rings is 3. The summed E-state index contributed by atoms with van der Waals surface area (Å²) in [5, 5.41) is 1.02. The van der Waals surface area contributed by atoms with Crippen molar-refractivity contribution < 1.29 is 4.42 Å². The lowest BCUT2D eigenvalue weighted by molar-refractivity contribution is 0.668. The molecule has 3 heterocycles. The van der Waals surface area contributed by atoms with Gasteiger partial charge in [0.05, 0.1) is 5.69 Å². The summed E-state index contributed by atoms with van der Waals surface area (Å²) in [7, 11) is 0. The number of aryl methyl sites for hydroxylation is 1. The maximum absolute atomic E-state index is 6.07. The third kappa shape index (κ3) is 3.68. The SMILES string of the molecule is Cc1cc(-c2ccc3oc4ccc(Cc5ccccc5)nc4c3c2)ncc1-c1ccccc1. The number of pyridine rings is 2.